The van der Waals surface area contributed by atoms with Crippen LogP contribution in [0.3, 0.4) is 0 Å². The van der Waals surface area contributed by atoms with Crippen molar-refractivity contribution in [2.45, 2.75) is 40.0 Å². The first kappa shape index (κ1) is 23.2. The number of benzene rings is 3. The molecule has 3 aromatic carbocycles. The summed E-state index contributed by atoms with van der Waals surface area (Å²) in [6.07, 6.45) is 3.10. The normalized spacial score (nSPS) is 10.9. The van der Waals surface area contributed by atoms with Crippen LogP contribution in [0.4, 0.5) is 17.1 Å². The lowest BCUT2D eigenvalue weighted by Crippen LogP contribution is -2.26. The van der Waals surface area contributed by atoms with E-state index in [1.54, 1.807) is 0 Å². The van der Waals surface area contributed by atoms with Gasteiger partial charge in [0, 0.05) is 54.1 Å². The predicted octanol–water partition coefficient (Wildman–Crippen LogP) is 5.26. The van der Waals surface area contributed by atoms with Gasteiger partial charge in [0.25, 0.3) is 0 Å². The first-order valence-corrected chi connectivity index (χ1v) is 12.7. The van der Waals surface area contributed by atoms with Crippen LogP contribution in [-0.4, -0.2) is 21.1 Å². The average molecular weight is 434 g/mol. The second kappa shape index (κ2) is 10.7. The van der Waals surface area contributed by atoms with Crippen molar-refractivity contribution in [3.05, 3.63) is 71.3 Å². The summed E-state index contributed by atoms with van der Waals surface area (Å²) in [6, 6.07) is 20.8. The monoisotopic (exact) mass is 433 g/mol. The summed E-state index contributed by atoms with van der Waals surface area (Å²) < 4.78 is 0. The molecule has 3 nitrogen and oxygen atoms in total. The number of anilines is 3. The quantitative estimate of drug-likeness (QED) is 0.403. The maximum absolute atomic E-state index is 3.49. The van der Waals surface area contributed by atoms with Gasteiger partial charge in [0.05, 0.1) is 0 Å². The SMILES string of the molecule is CCc1ccc(P(c2ccc(CC)cc2NC)c2ccc(CC)cc2NC)c(NC)c1. The van der Waals surface area contributed by atoms with Gasteiger partial charge >= 0.3 is 0 Å². The van der Waals surface area contributed by atoms with Crippen molar-refractivity contribution in [2.75, 3.05) is 37.1 Å². The van der Waals surface area contributed by atoms with Gasteiger partial charge in [0.15, 0.2) is 0 Å². The summed E-state index contributed by atoms with van der Waals surface area (Å²) in [5.74, 6) is 0. The Bertz CT molecular complexity index is 897. The van der Waals surface area contributed by atoms with Crippen molar-refractivity contribution in [2.24, 2.45) is 0 Å². The molecule has 3 rings (SSSR count). The maximum Gasteiger partial charge on any atom is 0.0425 e. The first-order chi connectivity index (χ1) is 15.1. The predicted molar refractivity (Wildman–Crippen MR) is 142 cm³/mol. The minimum absolute atomic E-state index is 0.766. The molecular formula is C27H36N3P. The third-order valence-corrected chi connectivity index (χ3v) is 8.55. The van der Waals surface area contributed by atoms with Gasteiger partial charge < -0.3 is 16.0 Å². The third-order valence-electron chi connectivity index (χ3n) is 5.94. The van der Waals surface area contributed by atoms with Gasteiger partial charge in [-0.05, 0) is 62.1 Å². The Labute approximate surface area is 189 Å². The summed E-state index contributed by atoms with van der Waals surface area (Å²) in [5.41, 5.74) is 7.71. The molecule has 0 fully saturated rings. The fourth-order valence-electron chi connectivity index (χ4n) is 3.98. The highest BCUT2D eigenvalue weighted by atomic mass is 31.1. The van der Waals surface area contributed by atoms with E-state index in [0.29, 0.717) is 0 Å². The van der Waals surface area contributed by atoms with Crippen LogP contribution in [0.1, 0.15) is 37.5 Å². The number of nitrogens with one attached hydrogen (secondary N) is 3. The standard InChI is InChI=1S/C27H36N3P/c1-7-19-10-13-25(22(16-19)28-4)31(26-14-11-20(8-2)17-23(26)29-5)27-15-12-21(9-3)18-24(27)30-6/h10-18,28-30H,7-9H2,1-6H3. The van der Waals surface area contributed by atoms with Crippen molar-refractivity contribution >= 4 is 40.9 Å². The Balaban J connectivity index is 2.31. The molecule has 0 aliphatic carbocycles. The van der Waals surface area contributed by atoms with E-state index in [1.165, 1.54) is 49.7 Å². The van der Waals surface area contributed by atoms with Gasteiger partial charge in [-0.3, -0.25) is 0 Å². The van der Waals surface area contributed by atoms with Crippen LogP contribution < -0.4 is 31.9 Å². The topological polar surface area (TPSA) is 36.1 Å². The Morgan fingerprint density at radius 1 is 0.516 bits per heavy atom. The van der Waals surface area contributed by atoms with Crippen LogP contribution in [0.2, 0.25) is 0 Å². The van der Waals surface area contributed by atoms with Crippen LogP contribution in [0, 0.1) is 0 Å². The molecule has 0 spiro atoms. The highest BCUT2D eigenvalue weighted by molar-refractivity contribution is 7.80. The summed E-state index contributed by atoms with van der Waals surface area (Å²) in [4.78, 5) is 0. The Hall–Kier alpha value is -2.51. The molecule has 0 radical (unpaired) electrons. The third kappa shape index (κ3) is 4.88. The van der Waals surface area contributed by atoms with E-state index < -0.39 is 7.92 Å². The Kier molecular flexibility index (Phi) is 7.98. The van der Waals surface area contributed by atoms with Gasteiger partial charge in [0.1, 0.15) is 0 Å². The fraction of sp³-hybridized carbons (Fsp3) is 0.333. The molecule has 3 aromatic rings. The highest BCUT2D eigenvalue weighted by Crippen LogP contribution is 2.41. The van der Waals surface area contributed by atoms with Crippen molar-refractivity contribution < 1.29 is 0 Å². The Morgan fingerprint density at radius 3 is 1.03 bits per heavy atom. The lowest BCUT2D eigenvalue weighted by molar-refractivity contribution is 1.14. The molecule has 0 saturated carbocycles. The van der Waals surface area contributed by atoms with Crippen molar-refractivity contribution in [1.82, 2.24) is 0 Å². The Morgan fingerprint density at radius 2 is 0.806 bits per heavy atom. The number of hydrogen-bond acceptors (Lipinski definition) is 3. The summed E-state index contributed by atoms with van der Waals surface area (Å²) >= 11 is 0. The van der Waals surface area contributed by atoms with Gasteiger partial charge in [0.2, 0.25) is 0 Å². The first-order valence-electron chi connectivity index (χ1n) is 11.3. The zero-order chi connectivity index (χ0) is 22.4. The van der Waals surface area contributed by atoms with Crippen LogP contribution in [-0.2, 0) is 19.3 Å². The lowest BCUT2D eigenvalue weighted by Gasteiger charge is -2.27. The summed E-state index contributed by atoms with van der Waals surface area (Å²) in [6.45, 7) is 6.63. The van der Waals surface area contributed by atoms with E-state index in [1.807, 2.05) is 21.1 Å². The molecule has 0 unspecified atom stereocenters. The molecule has 0 atom stereocenters. The van der Waals surface area contributed by atoms with Crippen molar-refractivity contribution in [1.29, 1.82) is 0 Å². The molecule has 0 heterocycles. The lowest BCUT2D eigenvalue weighted by atomic mass is 10.1. The van der Waals surface area contributed by atoms with Gasteiger partial charge in [-0.1, -0.05) is 57.2 Å². The molecule has 3 N–H and O–H groups in total. The van der Waals surface area contributed by atoms with Crippen LogP contribution in [0.5, 0.6) is 0 Å². The number of rotatable bonds is 9. The van der Waals surface area contributed by atoms with E-state index in [9.17, 15) is 0 Å². The second-order valence-corrected chi connectivity index (χ2v) is 9.82. The minimum Gasteiger partial charge on any atom is -0.388 e. The molecule has 4 heteroatoms. The molecule has 164 valence electrons. The zero-order valence-corrected chi connectivity index (χ0v) is 20.7. The van der Waals surface area contributed by atoms with Gasteiger partial charge in [-0.2, -0.15) is 0 Å². The van der Waals surface area contributed by atoms with E-state index >= 15 is 0 Å². The molecule has 0 saturated heterocycles. The molecule has 0 aromatic heterocycles. The molecule has 31 heavy (non-hydrogen) atoms. The van der Waals surface area contributed by atoms with Gasteiger partial charge in [-0.25, -0.2) is 0 Å². The van der Waals surface area contributed by atoms with Gasteiger partial charge in [-0.15, -0.1) is 0 Å². The van der Waals surface area contributed by atoms with Crippen molar-refractivity contribution in [3.63, 3.8) is 0 Å². The molecule has 0 aliphatic rings. The number of hydrogen-bond donors (Lipinski definition) is 3. The van der Waals surface area contributed by atoms with E-state index in [2.05, 4.69) is 91.3 Å². The molecular weight excluding hydrogens is 397 g/mol. The van der Waals surface area contributed by atoms with Crippen LogP contribution in [0.15, 0.2) is 54.6 Å². The van der Waals surface area contributed by atoms with Crippen LogP contribution in [0.25, 0.3) is 0 Å². The largest absolute Gasteiger partial charge is 0.388 e. The fourth-order valence-corrected chi connectivity index (χ4v) is 6.69. The average Bonchev–Trinajstić information content (AvgIpc) is 2.84. The minimum atomic E-state index is -0.766. The van der Waals surface area contributed by atoms with Crippen molar-refractivity contribution in [3.8, 4) is 0 Å². The molecule has 0 bridgehead atoms. The molecule has 0 aliphatic heterocycles. The molecule has 0 amide bonds. The van der Waals surface area contributed by atoms with E-state index in [0.717, 1.165) is 19.3 Å². The smallest absolute Gasteiger partial charge is 0.0425 e. The summed E-state index contributed by atoms with van der Waals surface area (Å²) in [5, 5.41) is 14.5. The summed E-state index contributed by atoms with van der Waals surface area (Å²) in [7, 11) is 5.33. The number of aryl methyl sites for hydroxylation is 3. The van der Waals surface area contributed by atoms with E-state index in [4.69, 9.17) is 0 Å². The zero-order valence-electron chi connectivity index (χ0n) is 19.8. The second-order valence-electron chi connectivity index (χ2n) is 7.70. The van der Waals surface area contributed by atoms with Crippen LogP contribution >= 0.6 is 7.92 Å². The van der Waals surface area contributed by atoms with E-state index in [-0.39, 0.29) is 0 Å². The maximum atomic E-state index is 3.49. The highest BCUT2D eigenvalue weighted by Gasteiger charge is 2.25.